The predicted molar refractivity (Wildman–Crippen MR) is 85.4 cm³/mol. The smallest absolute Gasteiger partial charge is 0.171 e. The highest BCUT2D eigenvalue weighted by molar-refractivity contribution is 5.35. The molecule has 5 nitrogen and oxygen atoms in total. The van der Waals surface area contributed by atoms with Crippen molar-refractivity contribution in [3.05, 3.63) is 71.3 Å². The number of ether oxygens (including phenoxy) is 1. The number of aryl methyl sites for hydroxylation is 2. The first-order valence-electron chi connectivity index (χ1n) is 7.70. The Morgan fingerprint density at radius 2 is 1.83 bits per heavy atom. The highest BCUT2D eigenvalue weighted by Crippen LogP contribution is 2.25. The van der Waals surface area contributed by atoms with Crippen LogP contribution in [0.4, 0.5) is 0 Å². The van der Waals surface area contributed by atoms with Gasteiger partial charge >= 0.3 is 0 Å². The first kappa shape index (κ1) is 13.8. The number of aromatic hydroxyl groups is 1. The van der Waals surface area contributed by atoms with Gasteiger partial charge in [-0.1, -0.05) is 36.4 Å². The number of phenolic OH excluding ortho intramolecular Hbond substituents is 1. The summed E-state index contributed by atoms with van der Waals surface area (Å²) in [5, 5.41) is 18.5. The van der Waals surface area contributed by atoms with Crippen LogP contribution in [-0.4, -0.2) is 19.9 Å². The molecule has 0 bridgehead atoms. The fraction of sp³-hybridized carbons (Fsp3) is 0.222. The summed E-state index contributed by atoms with van der Waals surface area (Å²) in [5.74, 6) is 3.00. The largest absolute Gasteiger partial charge is 0.508 e. The third kappa shape index (κ3) is 2.65. The summed E-state index contributed by atoms with van der Waals surface area (Å²) in [7, 11) is 0. The lowest BCUT2D eigenvalue weighted by atomic mass is 10.1. The lowest BCUT2D eigenvalue weighted by molar-refractivity contribution is 0.297. The number of aromatic nitrogens is 3. The van der Waals surface area contributed by atoms with Crippen LogP contribution in [0.1, 0.15) is 22.8 Å². The van der Waals surface area contributed by atoms with Gasteiger partial charge in [-0.15, -0.1) is 10.2 Å². The molecule has 0 aliphatic carbocycles. The Morgan fingerprint density at radius 3 is 2.74 bits per heavy atom. The van der Waals surface area contributed by atoms with Crippen molar-refractivity contribution >= 4 is 0 Å². The van der Waals surface area contributed by atoms with Crippen LogP contribution in [0.2, 0.25) is 0 Å². The van der Waals surface area contributed by atoms with Crippen LogP contribution in [0.25, 0.3) is 0 Å². The number of benzene rings is 2. The lowest BCUT2D eigenvalue weighted by Crippen LogP contribution is -2.08. The second-order valence-electron chi connectivity index (χ2n) is 5.64. The van der Waals surface area contributed by atoms with Gasteiger partial charge in [0.25, 0.3) is 0 Å². The van der Waals surface area contributed by atoms with Gasteiger partial charge in [-0.2, -0.15) is 0 Å². The maximum Gasteiger partial charge on any atom is 0.171 e. The molecule has 0 saturated carbocycles. The normalized spacial score (nSPS) is 12.9. The topological polar surface area (TPSA) is 60.2 Å². The van der Waals surface area contributed by atoms with Gasteiger partial charge in [0.2, 0.25) is 0 Å². The van der Waals surface area contributed by atoms with Gasteiger partial charge in [-0.05, 0) is 24.1 Å². The SMILES string of the molecule is Oc1ccccc1CCc1nnc2n1Cc1ccccc1OC2. The van der Waals surface area contributed by atoms with Crippen molar-refractivity contribution in [2.45, 2.75) is 26.0 Å². The van der Waals surface area contributed by atoms with Crippen molar-refractivity contribution in [2.24, 2.45) is 0 Å². The van der Waals surface area contributed by atoms with E-state index in [1.807, 2.05) is 36.4 Å². The van der Waals surface area contributed by atoms with Crippen molar-refractivity contribution < 1.29 is 9.84 Å². The van der Waals surface area contributed by atoms with E-state index < -0.39 is 0 Å². The molecule has 0 unspecified atom stereocenters. The third-order valence-electron chi connectivity index (χ3n) is 4.17. The van der Waals surface area contributed by atoms with Crippen LogP contribution in [0, 0.1) is 0 Å². The molecule has 5 heteroatoms. The zero-order chi connectivity index (χ0) is 15.6. The molecule has 0 amide bonds. The monoisotopic (exact) mass is 307 g/mol. The van der Waals surface area contributed by atoms with Crippen LogP contribution in [-0.2, 0) is 26.0 Å². The standard InChI is InChI=1S/C18H17N3O2/c22-15-7-3-1-5-13(15)9-10-17-19-20-18-12-23-16-8-4-2-6-14(16)11-21(17)18/h1-8,22H,9-12H2. The van der Waals surface area contributed by atoms with Gasteiger partial charge in [-0.25, -0.2) is 0 Å². The Hall–Kier alpha value is -2.82. The van der Waals surface area contributed by atoms with Crippen LogP contribution in [0.3, 0.4) is 0 Å². The molecule has 1 aliphatic heterocycles. The van der Waals surface area contributed by atoms with E-state index in [9.17, 15) is 5.11 Å². The zero-order valence-electron chi connectivity index (χ0n) is 12.6. The lowest BCUT2D eigenvalue weighted by Gasteiger charge is -2.08. The van der Waals surface area contributed by atoms with E-state index in [2.05, 4.69) is 20.8 Å². The molecule has 1 N–H and O–H groups in total. The van der Waals surface area contributed by atoms with Gasteiger partial charge in [0, 0.05) is 12.0 Å². The van der Waals surface area contributed by atoms with Crippen molar-refractivity contribution in [1.82, 2.24) is 14.8 Å². The Morgan fingerprint density at radius 1 is 1.00 bits per heavy atom. The maximum absolute atomic E-state index is 9.89. The number of fused-ring (bicyclic) bond motifs is 2. The molecule has 0 spiro atoms. The van der Waals surface area contributed by atoms with E-state index in [-0.39, 0.29) is 0 Å². The Labute approximate surface area is 134 Å². The average molecular weight is 307 g/mol. The van der Waals surface area contributed by atoms with Crippen molar-refractivity contribution in [3.63, 3.8) is 0 Å². The summed E-state index contributed by atoms with van der Waals surface area (Å²) in [4.78, 5) is 0. The van der Waals surface area contributed by atoms with Crippen LogP contribution >= 0.6 is 0 Å². The van der Waals surface area contributed by atoms with Crippen molar-refractivity contribution in [1.29, 1.82) is 0 Å². The molecule has 116 valence electrons. The molecule has 2 aromatic carbocycles. The number of hydrogen-bond donors (Lipinski definition) is 1. The molecule has 0 fully saturated rings. The molecule has 4 rings (SSSR count). The van der Waals surface area contributed by atoms with E-state index in [0.717, 1.165) is 41.4 Å². The minimum absolute atomic E-state index is 0.330. The first-order chi connectivity index (χ1) is 11.3. The zero-order valence-corrected chi connectivity index (χ0v) is 12.6. The van der Waals surface area contributed by atoms with Crippen LogP contribution < -0.4 is 4.74 Å². The fourth-order valence-electron chi connectivity index (χ4n) is 2.90. The molecule has 0 atom stereocenters. The fourth-order valence-corrected chi connectivity index (χ4v) is 2.90. The number of nitrogens with zero attached hydrogens (tertiary/aromatic N) is 3. The quantitative estimate of drug-likeness (QED) is 0.808. The molecule has 0 radical (unpaired) electrons. The third-order valence-corrected chi connectivity index (χ3v) is 4.17. The van der Waals surface area contributed by atoms with Crippen LogP contribution in [0.15, 0.2) is 48.5 Å². The summed E-state index contributed by atoms with van der Waals surface area (Å²) in [6, 6.07) is 15.5. The Kier molecular flexibility index (Phi) is 3.46. The van der Waals surface area contributed by atoms with Gasteiger partial charge in [-0.3, -0.25) is 0 Å². The first-order valence-corrected chi connectivity index (χ1v) is 7.70. The number of hydrogen-bond acceptors (Lipinski definition) is 4. The van der Waals surface area contributed by atoms with Crippen molar-refractivity contribution in [2.75, 3.05) is 0 Å². The highest BCUT2D eigenvalue weighted by atomic mass is 16.5. The second-order valence-corrected chi connectivity index (χ2v) is 5.64. The molecular weight excluding hydrogens is 290 g/mol. The molecule has 1 aliphatic rings. The summed E-state index contributed by atoms with van der Waals surface area (Å²) < 4.78 is 7.92. The maximum atomic E-state index is 9.89. The van der Waals surface area contributed by atoms with Gasteiger partial charge in [0.15, 0.2) is 5.82 Å². The summed E-state index contributed by atoms with van der Waals surface area (Å²) >= 11 is 0. The molecular formula is C18H17N3O2. The molecule has 2 heterocycles. The number of rotatable bonds is 3. The number of para-hydroxylation sites is 2. The van der Waals surface area contributed by atoms with E-state index in [1.54, 1.807) is 6.07 Å². The molecule has 1 aromatic heterocycles. The molecule has 0 saturated heterocycles. The van der Waals surface area contributed by atoms with E-state index in [0.29, 0.717) is 18.9 Å². The van der Waals surface area contributed by atoms with Gasteiger partial charge in [0.05, 0.1) is 6.54 Å². The van der Waals surface area contributed by atoms with Crippen molar-refractivity contribution in [3.8, 4) is 11.5 Å². The summed E-state index contributed by atoms with van der Waals surface area (Å²) in [6.45, 7) is 1.15. The summed E-state index contributed by atoms with van der Waals surface area (Å²) in [5.41, 5.74) is 2.06. The van der Waals surface area contributed by atoms with E-state index in [4.69, 9.17) is 4.74 Å². The summed E-state index contributed by atoms with van der Waals surface area (Å²) in [6.07, 6.45) is 1.46. The molecule has 3 aromatic rings. The van der Waals surface area contributed by atoms with Gasteiger partial charge in [0.1, 0.15) is 23.9 Å². The van der Waals surface area contributed by atoms with E-state index >= 15 is 0 Å². The van der Waals surface area contributed by atoms with Crippen LogP contribution in [0.5, 0.6) is 11.5 Å². The minimum atomic E-state index is 0.330. The number of phenols is 1. The Balaban J connectivity index is 1.59. The molecule has 23 heavy (non-hydrogen) atoms. The second kappa shape index (κ2) is 5.76. The van der Waals surface area contributed by atoms with E-state index in [1.165, 1.54) is 0 Å². The van der Waals surface area contributed by atoms with Gasteiger partial charge < -0.3 is 14.4 Å². The Bertz CT molecular complexity index is 842. The minimum Gasteiger partial charge on any atom is -0.508 e. The highest BCUT2D eigenvalue weighted by Gasteiger charge is 2.18. The predicted octanol–water partition coefficient (Wildman–Crippen LogP) is 2.71. The average Bonchev–Trinajstić information content (AvgIpc) is 2.85.